The molecule has 1 aliphatic heterocycles. The Morgan fingerprint density at radius 2 is 2.08 bits per heavy atom. The molecule has 0 radical (unpaired) electrons. The fourth-order valence-electron chi connectivity index (χ4n) is 5.35. The lowest BCUT2D eigenvalue weighted by Crippen LogP contribution is -2.61. The van der Waals surface area contributed by atoms with Crippen LogP contribution in [0.3, 0.4) is 0 Å². The van der Waals surface area contributed by atoms with Gasteiger partial charge in [-0.25, -0.2) is 4.98 Å². The van der Waals surface area contributed by atoms with Crippen molar-refractivity contribution >= 4 is 16.9 Å². The Balaban J connectivity index is 1.49. The molecule has 5 nitrogen and oxygen atoms in total. The van der Waals surface area contributed by atoms with Gasteiger partial charge in [-0.2, -0.15) is 0 Å². The van der Waals surface area contributed by atoms with E-state index in [2.05, 4.69) is 9.97 Å². The number of amides is 1. The fourth-order valence-corrected chi connectivity index (χ4v) is 5.35. The summed E-state index contributed by atoms with van der Waals surface area (Å²) < 4.78 is 0. The molecule has 2 N–H and O–H groups in total. The van der Waals surface area contributed by atoms with Crippen molar-refractivity contribution in [1.82, 2.24) is 14.9 Å². The number of rotatable bonds is 2. The first kappa shape index (κ1) is 15.4. The largest absolute Gasteiger partial charge is 0.389 e. The van der Waals surface area contributed by atoms with Gasteiger partial charge in [0.05, 0.1) is 23.0 Å². The molecular formula is C20H25N3O2. The third kappa shape index (κ3) is 2.32. The molecule has 1 saturated heterocycles. The first-order valence-electron chi connectivity index (χ1n) is 9.64. The number of hydrogen-bond acceptors (Lipinski definition) is 3. The molecule has 0 bridgehead atoms. The van der Waals surface area contributed by atoms with Gasteiger partial charge in [-0.1, -0.05) is 18.9 Å². The number of fused-ring (bicyclic) bond motifs is 2. The van der Waals surface area contributed by atoms with E-state index in [9.17, 15) is 9.90 Å². The van der Waals surface area contributed by atoms with Gasteiger partial charge in [-0.05, 0) is 50.2 Å². The predicted octanol–water partition coefficient (Wildman–Crippen LogP) is 3.11. The summed E-state index contributed by atoms with van der Waals surface area (Å²) in [5.74, 6) is 0.780. The normalized spacial score (nSPS) is 32.6. The summed E-state index contributed by atoms with van der Waals surface area (Å²) in [5.41, 5.74) is 1.79. The Bertz CT molecular complexity index is 812. The number of aromatic nitrogens is 2. The van der Waals surface area contributed by atoms with E-state index in [-0.39, 0.29) is 17.9 Å². The lowest BCUT2D eigenvalue weighted by molar-refractivity contribution is -0.118. The number of nitrogens with zero attached hydrogens (tertiary/aromatic N) is 2. The van der Waals surface area contributed by atoms with Crippen LogP contribution in [-0.2, 0) is 0 Å². The van der Waals surface area contributed by atoms with Crippen LogP contribution >= 0.6 is 0 Å². The number of hydrogen-bond donors (Lipinski definition) is 2. The van der Waals surface area contributed by atoms with Crippen LogP contribution in [0.15, 0.2) is 24.5 Å². The summed E-state index contributed by atoms with van der Waals surface area (Å²) in [4.78, 5) is 22.8. The number of aliphatic hydroxyl groups is 1. The topological polar surface area (TPSA) is 69.2 Å². The number of para-hydroxylation sites is 1. The third-order valence-electron chi connectivity index (χ3n) is 6.75. The second-order valence-corrected chi connectivity index (χ2v) is 8.08. The maximum atomic E-state index is 13.4. The molecule has 0 spiro atoms. The zero-order valence-corrected chi connectivity index (χ0v) is 14.4. The number of carbonyl (C=O) groups is 1. The number of carbonyl (C=O) groups excluding carboxylic acids is 1. The minimum atomic E-state index is -0.541. The van der Waals surface area contributed by atoms with E-state index in [0.717, 1.165) is 49.6 Å². The molecule has 2 saturated carbocycles. The highest BCUT2D eigenvalue weighted by atomic mass is 16.3. The minimum Gasteiger partial charge on any atom is -0.389 e. The van der Waals surface area contributed by atoms with Crippen molar-refractivity contribution in [3.63, 3.8) is 0 Å². The van der Waals surface area contributed by atoms with Crippen molar-refractivity contribution in [3.8, 4) is 0 Å². The molecule has 3 aliphatic rings. The van der Waals surface area contributed by atoms with Gasteiger partial charge in [0.1, 0.15) is 5.52 Å². The molecule has 2 aliphatic carbocycles. The van der Waals surface area contributed by atoms with Crippen LogP contribution in [0.2, 0.25) is 0 Å². The number of H-pyrrole nitrogens is 1. The molecule has 132 valence electrons. The van der Waals surface area contributed by atoms with Crippen LogP contribution in [0, 0.1) is 11.8 Å². The van der Waals surface area contributed by atoms with Gasteiger partial charge in [0.15, 0.2) is 0 Å². The lowest BCUT2D eigenvalue weighted by atomic mass is 9.67. The molecule has 3 fully saturated rings. The van der Waals surface area contributed by atoms with Crippen molar-refractivity contribution < 1.29 is 9.90 Å². The summed E-state index contributed by atoms with van der Waals surface area (Å²) in [6.07, 6.45) is 9.07. The molecule has 2 heterocycles. The lowest BCUT2D eigenvalue weighted by Gasteiger charge is -2.52. The molecule has 3 atom stereocenters. The molecule has 1 aromatic carbocycles. The first-order valence-corrected chi connectivity index (χ1v) is 9.64. The summed E-state index contributed by atoms with van der Waals surface area (Å²) in [6, 6.07) is 5.92. The van der Waals surface area contributed by atoms with E-state index in [1.807, 2.05) is 23.1 Å². The number of imidazole rings is 1. The van der Waals surface area contributed by atoms with E-state index < -0.39 is 5.60 Å². The Morgan fingerprint density at radius 3 is 2.92 bits per heavy atom. The van der Waals surface area contributed by atoms with E-state index >= 15 is 0 Å². The second kappa shape index (κ2) is 5.56. The highest BCUT2D eigenvalue weighted by molar-refractivity contribution is 6.05. The molecule has 0 unspecified atom stereocenters. The van der Waals surface area contributed by atoms with Crippen molar-refractivity contribution in [1.29, 1.82) is 0 Å². The monoisotopic (exact) mass is 339 g/mol. The van der Waals surface area contributed by atoms with Crippen molar-refractivity contribution in [2.24, 2.45) is 11.8 Å². The van der Waals surface area contributed by atoms with Gasteiger partial charge < -0.3 is 15.0 Å². The molecule has 1 amide bonds. The van der Waals surface area contributed by atoms with Crippen LogP contribution < -0.4 is 0 Å². The highest BCUT2D eigenvalue weighted by Crippen LogP contribution is 2.52. The number of likely N-dealkylation sites (tertiary alicyclic amines) is 1. The van der Waals surface area contributed by atoms with E-state index in [4.69, 9.17) is 0 Å². The zero-order valence-electron chi connectivity index (χ0n) is 14.4. The Morgan fingerprint density at radius 1 is 1.24 bits per heavy atom. The third-order valence-corrected chi connectivity index (χ3v) is 6.75. The standard InChI is InChI=1S/C20H25N3O2/c24-19(14-4-3-6-16-18(14)22-12-21-16)23-11-10-20(25,13-8-9-13)15-5-1-2-7-17(15)23/h3-4,6,12-13,15,17,25H,1-2,5,7-11H2,(H,21,22)/t15-,17+,20-/m0/s1. The summed E-state index contributed by atoms with van der Waals surface area (Å²) in [7, 11) is 0. The first-order chi connectivity index (χ1) is 12.2. The van der Waals surface area contributed by atoms with Gasteiger partial charge >= 0.3 is 0 Å². The summed E-state index contributed by atoms with van der Waals surface area (Å²) in [6.45, 7) is 0.661. The van der Waals surface area contributed by atoms with Gasteiger partial charge in [0.2, 0.25) is 0 Å². The highest BCUT2D eigenvalue weighted by Gasteiger charge is 2.55. The van der Waals surface area contributed by atoms with Gasteiger partial charge in [-0.15, -0.1) is 0 Å². The Hall–Kier alpha value is -1.88. The van der Waals surface area contributed by atoms with Crippen LogP contribution in [0.5, 0.6) is 0 Å². The fraction of sp³-hybridized carbons (Fsp3) is 0.600. The number of nitrogens with one attached hydrogen (secondary N) is 1. The Kier molecular flexibility index (Phi) is 3.42. The summed E-state index contributed by atoms with van der Waals surface area (Å²) in [5, 5.41) is 11.4. The minimum absolute atomic E-state index is 0.0763. The average Bonchev–Trinajstić information content (AvgIpc) is 3.40. The molecule has 5 heteroatoms. The number of piperidine rings is 1. The molecule has 2 aromatic rings. The van der Waals surface area contributed by atoms with Crippen molar-refractivity contribution in [2.75, 3.05) is 6.54 Å². The SMILES string of the molecule is O=C(c1cccc2[nH]cnc12)N1CC[C@](O)(C2CC2)[C@H]2CCCC[C@H]21. The maximum absolute atomic E-state index is 13.4. The molecule has 1 aromatic heterocycles. The van der Waals surface area contributed by atoms with Gasteiger partial charge in [-0.3, -0.25) is 4.79 Å². The van der Waals surface area contributed by atoms with Crippen LogP contribution in [0.4, 0.5) is 0 Å². The predicted molar refractivity (Wildman–Crippen MR) is 95.2 cm³/mol. The average molecular weight is 339 g/mol. The maximum Gasteiger partial charge on any atom is 0.256 e. The van der Waals surface area contributed by atoms with E-state index in [1.54, 1.807) is 6.33 Å². The molecule has 25 heavy (non-hydrogen) atoms. The summed E-state index contributed by atoms with van der Waals surface area (Å²) >= 11 is 0. The van der Waals surface area contributed by atoms with Crippen LogP contribution in [-0.4, -0.2) is 44.1 Å². The second-order valence-electron chi connectivity index (χ2n) is 8.08. The van der Waals surface area contributed by atoms with Crippen molar-refractivity contribution in [2.45, 2.75) is 56.6 Å². The van der Waals surface area contributed by atoms with Crippen LogP contribution in [0.1, 0.15) is 55.3 Å². The molecular weight excluding hydrogens is 314 g/mol. The molecule has 5 rings (SSSR count). The van der Waals surface area contributed by atoms with E-state index in [0.29, 0.717) is 18.0 Å². The van der Waals surface area contributed by atoms with Crippen molar-refractivity contribution in [3.05, 3.63) is 30.1 Å². The van der Waals surface area contributed by atoms with Gasteiger partial charge in [0, 0.05) is 18.5 Å². The smallest absolute Gasteiger partial charge is 0.256 e. The zero-order chi connectivity index (χ0) is 17.0. The number of aromatic amines is 1. The quantitative estimate of drug-likeness (QED) is 0.883. The number of benzene rings is 1. The van der Waals surface area contributed by atoms with Crippen LogP contribution in [0.25, 0.3) is 11.0 Å². The Labute approximate surface area is 147 Å². The van der Waals surface area contributed by atoms with Gasteiger partial charge in [0.25, 0.3) is 5.91 Å². The van der Waals surface area contributed by atoms with E-state index in [1.165, 1.54) is 6.42 Å².